The molecule has 0 spiro atoms. The number of rotatable bonds is 6. The monoisotopic (exact) mass is 455 g/mol. The van der Waals surface area contributed by atoms with Gasteiger partial charge in [0, 0.05) is 30.8 Å². The van der Waals surface area contributed by atoms with Crippen LogP contribution in [0.5, 0.6) is 0 Å². The number of likely N-dealkylation sites (N-methyl/N-ethyl adjacent to an activating group) is 1. The van der Waals surface area contributed by atoms with Crippen molar-refractivity contribution in [3.8, 4) is 0 Å². The lowest BCUT2D eigenvalue weighted by molar-refractivity contribution is 0.0776. The summed E-state index contributed by atoms with van der Waals surface area (Å²) in [6, 6.07) is 4.26. The highest BCUT2D eigenvalue weighted by Crippen LogP contribution is 2.27. The molecule has 126 valence electrons. The lowest BCUT2D eigenvalue weighted by atomic mass is 10.1. The van der Waals surface area contributed by atoms with Crippen LogP contribution in [0.25, 0.3) is 0 Å². The third-order valence-electron chi connectivity index (χ3n) is 3.58. The first kappa shape index (κ1) is 20.1. The number of thioether (sulfide) groups is 1. The largest absolute Gasteiger partial charge is 0.387 e. The van der Waals surface area contributed by atoms with Gasteiger partial charge in [-0.05, 0) is 37.0 Å². The molecule has 1 atom stereocenters. The molecule has 1 saturated heterocycles. The number of halogens is 1. The van der Waals surface area contributed by atoms with Gasteiger partial charge in [-0.15, -0.1) is 35.3 Å². The highest BCUT2D eigenvalue weighted by molar-refractivity contribution is 14.0. The molecule has 2 N–H and O–H groups in total. The van der Waals surface area contributed by atoms with Crippen molar-refractivity contribution in [2.75, 3.05) is 38.2 Å². The van der Waals surface area contributed by atoms with Gasteiger partial charge in [0.1, 0.15) is 0 Å². The molecule has 0 aliphatic carbocycles. The van der Waals surface area contributed by atoms with Crippen molar-refractivity contribution in [2.24, 2.45) is 4.99 Å². The van der Waals surface area contributed by atoms with Gasteiger partial charge in [-0.25, -0.2) is 0 Å². The van der Waals surface area contributed by atoms with E-state index in [9.17, 15) is 5.11 Å². The standard InChI is InChI=1S/C15H25N3OS2.HI/c1-3-16-14(17-11-15(19)7-10-20-12-15)18(2)8-6-13-5-4-9-21-13;/h4-5,9,19H,3,6-8,10-12H2,1-2H3,(H,16,17);1H. The fraction of sp³-hybridized carbons (Fsp3) is 0.667. The van der Waals surface area contributed by atoms with E-state index in [1.807, 2.05) is 11.8 Å². The summed E-state index contributed by atoms with van der Waals surface area (Å²) in [5, 5.41) is 15.8. The topological polar surface area (TPSA) is 47.9 Å². The van der Waals surface area contributed by atoms with Crippen LogP contribution in [0.4, 0.5) is 0 Å². The molecule has 1 aromatic rings. The van der Waals surface area contributed by atoms with Crippen molar-refractivity contribution in [3.63, 3.8) is 0 Å². The third-order valence-corrected chi connectivity index (χ3v) is 5.75. The number of nitrogens with one attached hydrogen (secondary N) is 1. The average Bonchev–Trinajstić information content (AvgIpc) is 3.13. The van der Waals surface area contributed by atoms with Gasteiger partial charge < -0.3 is 15.3 Å². The zero-order valence-electron chi connectivity index (χ0n) is 13.2. The van der Waals surface area contributed by atoms with Crippen LogP contribution in [0.2, 0.25) is 0 Å². The SMILES string of the molecule is CCNC(=NCC1(O)CCSC1)N(C)CCc1cccs1.I. The number of nitrogens with zero attached hydrogens (tertiary/aromatic N) is 2. The maximum absolute atomic E-state index is 10.4. The normalized spacial score (nSPS) is 21.5. The number of thiophene rings is 1. The Hall–Kier alpha value is 0.01000. The maximum atomic E-state index is 10.4. The molecular weight excluding hydrogens is 429 g/mol. The number of hydrogen-bond acceptors (Lipinski definition) is 4. The summed E-state index contributed by atoms with van der Waals surface area (Å²) in [5.41, 5.74) is -0.611. The second-order valence-corrected chi connectivity index (χ2v) is 7.59. The van der Waals surface area contributed by atoms with E-state index in [0.717, 1.165) is 43.4 Å². The average molecular weight is 455 g/mol. The fourth-order valence-electron chi connectivity index (χ4n) is 2.25. The predicted molar refractivity (Wildman–Crippen MR) is 109 cm³/mol. The van der Waals surface area contributed by atoms with E-state index in [1.54, 1.807) is 11.3 Å². The Morgan fingerprint density at radius 1 is 1.55 bits per heavy atom. The lowest BCUT2D eigenvalue weighted by Crippen LogP contribution is -2.42. The smallest absolute Gasteiger partial charge is 0.193 e. The second-order valence-electron chi connectivity index (χ2n) is 5.45. The molecule has 0 radical (unpaired) electrons. The van der Waals surface area contributed by atoms with Crippen LogP contribution in [0.3, 0.4) is 0 Å². The summed E-state index contributed by atoms with van der Waals surface area (Å²) in [6.07, 6.45) is 1.87. The summed E-state index contributed by atoms with van der Waals surface area (Å²) in [5.74, 6) is 2.73. The molecule has 2 heterocycles. The Labute approximate surface area is 158 Å². The zero-order chi connectivity index (χ0) is 15.1. The Kier molecular flexibility index (Phi) is 9.11. The summed E-state index contributed by atoms with van der Waals surface area (Å²) in [7, 11) is 2.06. The van der Waals surface area contributed by atoms with Crippen LogP contribution in [-0.2, 0) is 6.42 Å². The van der Waals surface area contributed by atoms with E-state index >= 15 is 0 Å². The van der Waals surface area contributed by atoms with Crippen LogP contribution < -0.4 is 5.32 Å². The van der Waals surface area contributed by atoms with Crippen molar-refractivity contribution < 1.29 is 5.11 Å². The van der Waals surface area contributed by atoms with E-state index < -0.39 is 5.60 Å². The molecule has 1 aromatic heterocycles. The Bertz CT molecular complexity index is 448. The molecule has 0 aromatic carbocycles. The fourth-order valence-corrected chi connectivity index (χ4v) is 4.23. The van der Waals surface area contributed by atoms with Crippen LogP contribution >= 0.6 is 47.1 Å². The first-order valence-electron chi connectivity index (χ1n) is 7.45. The molecule has 7 heteroatoms. The minimum atomic E-state index is -0.611. The van der Waals surface area contributed by atoms with Gasteiger partial charge in [0.05, 0.1) is 12.1 Å². The van der Waals surface area contributed by atoms with Crippen molar-refractivity contribution in [1.29, 1.82) is 0 Å². The van der Waals surface area contributed by atoms with E-state index in [-0.39, 0.29) is 24.0 Å². The summed E-state index contributed by atoms with van der Waals surface area (Å²) in [4.78, 5) is 8.18. The maximum Gasteiger partial charge on any atom is 0.193 e. The molecule has 1 unspecified atom stereocenters. The Morgan fingerprint density at radius 2 is 2.36 bits per heavy atom. The van der Waals surface area contributed by atoms with Crippen LogP contribution in [0, 0.1) is 0 Å². The second kappa shape index (κ2) is 10.00. The molecule has 2 rings (SSSR count). The number of hydrogen-bond donors (Lipinski definition) is 2. The van der Waals surface area contributed by atoms with Gasteiger partial charge in [-0.1, -0.05) is 6.07 Å². The molecule has 0 amide bonds. The molecule has 1 aliphatic heterocycles. The molecule has 0 saturated carbocycles. The van der Waals surface area contributed by atoms with E-state index in [0.29, 0.717) is 6.54 Å². The van der Waals surface area contributed by atoms with E-state index in [2.05, 4.69) is 46.7 Å². The minimum absolute atomic E-state index is 0. The predicted octanol–water partition coefficient (Wildman–Crippen LogP) is 2.67. The molecule has 4 nitrogen and oxygen atoms in total. The van der Waals surface area contributed by atoms with E-state index in [4.69, 9.17) is 0 Å². The van der Waals surface area contributed by atoms with Crippen molar-refractivity contribution in [3.05, 3.63) is 22.4 Å². The first-order chi connectivity index (χ1) is 10.1. The van der Waals surface area contributed by atoms with Crippen LogP contribution in [0.1, 0.15) is 18.2 Å². The Balaban J connectivity index is 0.00000242. The van der Waals surface area contributed by atoms with Crippen molar-refractivity contribution in [2.45, 2.75) is 25.4 Å². The zero-order valence-corrected chi connectivity index (χ0v) is 17.2. The molecule has 22 heavy (non-hydrogen) atoms. The van der Waals surface area contributed by atoms with Gasteiger partial charge in [0.15, 0.2) is 5.96 Å². The van der Waals surface area contributed by atoms with Gasteiger partial charge >= 0.3 is 0 Å². The van der Waals surface area contributed by atoms with Crippen molar-refractivity contribution in [1.82, 2.24) is 10.2 Å². The van der Waals surface area contributed by atoms with Crippen LogP contribution in [0.15, 0.2) is 22.5 Å². The third kappa shape index (κ3) is 6.25. The minimum Gasteiger partial charge on any atom is -0.387 e. The van der Waals surface area contributed by atoms with E-state index in [1.165, 1.54) is 4.88 Å². The summed E-state index contributed by atoms with van der Waals surface area (Å²) >= 11 is 3.60. The van der Waals surface area contributed by atoms with Crippen LogP contribution in [-0.4, -0.2) is 59.8 Å². The van der Waals surface area contributed by atoms with Gasteiger partial charge in [-0.3, -0.25) is 4.99 Å². The van der Waals surface area contributed by atoms with Gasteiger partial charge in [-0.2, -0.15) is 11.8 Å². The summed E-state index contributed by atoms with van der Waals surface area (Å²) < 4.78 is 0. The number of aliphatic imine (C=N–C) groups is 1. The van der Waals surface area contributed by atoms with Crippen molar-refractivity contribution >= 4 is 53.0 Å². The molecule has 0 bridgehead atoms. The first-order valence-corrected chi connectivity index (χ1v) is 9.48. The lowest BCUT2D eigenvalue weighted by Gasteiger charge is -2.24. The highest BCUT2D eigenvalue weighted by Gasteiger charge is 2.31. The molecule has 1 fully saturated rings. The highest BCUT2D eigenvalue weighted by atomic mass is 127. The number of guanidine groups is 1. The quantitative estimate of drug-likeness (QED) is 0.394. The molecule has 1 aliphatic rings. The summed E-state index contributed by atoms with van der Waals surface area (Å²) in [6.45, 7) is 4.34. The molecular formula is C15H26IN3OS2. The van der Waals surface area contributed by atoms with Gasteiger partial charge in [0.25, 0.3) is 0 Å². The van der Waals surface area contributed by atoms with Gasteiger partial charge in [0.2, 0.25) is 0 Å². The number of aliphatic hydroxyl groups is 1. The Morgan fingerprint density at radius 3 is 2.95 bits per heavy atom.